The van der Waals surface area contributed by atoms with Gasteiger partial charge in [0, 0.05) is 18.2 Å². The van der Waals surface area contributed by atoms with E-state index >= 15 is 0 Å². The van der Waals surface area contributed by atoms with E-state index in [0.29, 0.717) is 25.7 Å². The molecular weight excluding hydrogens is 517 g/mol. The zero-order chi connectivity index (χ0) is 27.8. The predicted molar refractivity (Wildman–Crippen MR) is 135 cm³/mol. The number of methoxy groups -OCH3 is 1. The molecule has 0 unspecified atom stereocenters. The van der Waals surface area contributed by atoms with Crippen molar-refractivity contribution < 1.29 is 27.8 Å². The molecule has 12 heteroatoms. The summed E-state index contributed by atoms with van der Waals surface area (Å²) in [5.74, 6) is -3.68. The third-order valence-electron chi connectivity index (χ3n) is 6.90. The Bertz CT molecular complexity index is 1710. The summed E-state index contributed by atoms with van der Waals surface area (Å²) in [6, 6.07) is 7.30. The number of carbonyl (C=O) groups is 1. The third kappa shape index (κ3) is 4.73. The first-order valence-electron chi connectivity index (χ1n) is 12.1. The van der Waals surface area contributed by atoms with Crippen molar-refractivity contribution in [2.24, 2.45) is 0 Å². The molecule has 0 radical (unpaired) electrons. The van der Waals surface area contributed by atoms with Gasteiger partial charge in [0.1, 0.15) is 22.9 Å². The highest BCUT2D eigenvalue weighted by atomic mass is 19.2. The molecule has 1 saturated carbocycles. The van der Waals surface area contributed by atoms with Gasteiger partial charge in [-0.15, -0.1) is 0 Å². The van der Waals surface area contributed by atoms with Crippen molar-refractivity contribution in [2.75, 3.05) is 7.11 Å². The predicted octanol–water partition coefficient (Wildman–Crippen LogP) is 3.59. The van der Waals surface area contributed by atoms with E-state index in [1.165, 1.54) is 19.2 Å². The summed E-state index contributed by atoms with van der Waals surface area (Å²) in [6.45, 7) is 0. The third-order valence-corrected chi connectivity index (χ3v) is 6.90. The molecule has 202 valence electrons. The number of hydrogen-bond acceptors (Lipinski definition) is 6. The van der Waals surface area contributed by atoms with Crippen LogP contribution in [0.2, 0.25) is 0 Å². The molecule has 5 rings (SSSR count). The van der Waals surface area contributed by atoms with Gasteiger partial charge in [-0.25, -0.2) is 27.5 Å². The lowest BCUT2D eigenvalue weighted by atomic mass is 9.90. The molecule has 0 bridgehead atoms. The number of amides is 1. The fraction of sp³-hybridized carbons (Fsp3) is 0.259. The Morgan fingerprint density at radius 1 is 1.05 bits per heavy atom. The average molecular weight is 540 g/mol. The minimum atomic E-state index is -1.20. The first-order valence-corrected chi connectivity index (χ1v) is 12.1. The van der Waals surface area contributed by atoms with Gasteiger partial charge < -0.3 is 15.2 Å². The number of pyridine rings is 1. The first-order chi connectivity index (χ1) is 18.7. The lowest BCUT2D eigenvalue weighted by molar-refractivity contribution is 0.0916. The quantitative estimate of drug-likeness (QED) is 0.400. The number of aromatic hydroxyl groups is 1. The number of rotatable bonds is 5. The van der Waals surface area contributed by atoms with Gasteiger partial charge in [-0.3, -0.25) is 14.2 Å². The maximum absolute atomic E-state index is 14.1. The normalized spacial score (nSPS) is 17.2. The van der Waals surface area contributed by atoms with Crippen molar-refractivity contribution in [3.8, 4) is 17.2 Å². The van der Waals surface area contributed by atoms with Gasteiger partial charge in [0.05, 0.1) is 24.4 Å². The van der Waals surface area contributed by atoms with Crippen molar-refractivity contribution in [1.82, 2.24) is 19.4 Å². The molecule has 1 amide bonds. The lowest BCUT2D eigenvalue weighted by Crippen LogP contribution is -2.45. The van der Waals surface area contributed by atoms with Crippen LogP contribution in [0.25, 0.3) is 16.7 Å². The number of aromatic nitrogens is 3. The smallest absolute Gasteiger partial charge is 0.337 e. The maximum Gasteiger partial charge on any atom is 0.337 e. The summed E-state index contributed by atoms with van der Waals surface area (Å²) >= 11 is 0. The molecule has 2 aromatic heterocycles. The van der Waals surface area contributed by atoms with Crippen molar-refractivity contribution in [3.05, 3.63) is 92.5 Å². The van der Waals surface area contributed by atoms with Gasteiger partial charge in [-0.1, -0.05) is 6.07 Å². The molecule has 9 nitrogen and oxygen atoms in total. The fourth-order valence-electron chi connectivity index (χ4n) is 5.02. The molecule has 0 saturated heterocycles. The van der Waals surface area contributed by atoms with E-state index < -0.39 is 40.6 Å². The van der Waals surface area contributed by atoms with Crippen LogP contribution < -0.4 is 21.3 Å². The summed E-state index contributed by atoms with van der Waals surface area (Å²) < 4.78 is 48.8. The van der Waals surface area contributed by atoms with Crippen LogP contribution in [0.4, 0.5) is 13.2 Å². The first kappa shape index (κ1) is 26.0. The Labute approximate surface area is 219 Å². The van der Waals surface area contributed by atoms with Gasteiger partial charge in [-0.2, -0.15) is 0 Å². The van der Waals surface area contributed by atoms with Crippen molar-refractivity contribution in [2.45, 2.75) is 37.8 Å². The van der Waals surface area contributed by atoms with Gasteiger partial charge in [-0.05, 0) is 56.0 Å². The summed E-state index contributed by atoms with van der Waals surface area (Å²) in [7, 11) is 1.38. The second-order valence-electron chi connectivity index (χ2n) is 9.25. The summed E-state index contributed by atoms with van der Waals surface area (Å²) in [4.78, 5) is 43.7. The van der Waals surface area contributed by atoms with Crippen LogP contribution in [0.1, 0.15) is 42.1 Å². The van der Waals surface area contributed by atoms with E-state index in [-0.39, 0.29) is 39.8 Å². The largest absolute Gasteiger partial charge is 0.507 e. The fourth-order valence-corrected chi connectivity index (χ4v) is 5.02. The number of hydrogen-bond donors (Lipinski definition) is 2. The van der Waals surface area contributed by atoms with Crippen LogP contribution in [0, 0.1) is 17.5 Å². The highest BCUT2D eigenvalue weighted by Gasteiger charge is 2.29. The molecule has 0 spiro atoms. The zero-order valence-corrected chi connectivity index (χ0v) is 20.7. The van der Waals surface area contributed by atoms with E-state index in [4.69, 9.17) is 4.74 Å². The summed E-state index contributed by atoms with van der Waals surface area (Å²) in [6.07, 6.45) is 2.23. The molecule has 4 aromatic rings. The molecule has 2 aromatic carbocycles. The summed E-state index contributed by atoms with van der Waals surface area (Å²) in [5.41, 5.74) is -1.85. The summed E-state index contributed by atoms with van der Waals surface area (Å²) in [5, 5.41) is 12.8. The van der Waals surface area contributed by atoms with Gasteiger partial charge in [0.2, 0.25) is 0 Å². The second-order valence-corrected chi connectivity index (χ2v) is 9.25. The number of carbonyl (C=O) groups excluding carboxylic acids is 1. The highest BCUT2D eigenvalue weighted by Crippen LogP contribution is 2.30. The Kier molecular flexibility index (Phi) is 6.85. The number of ether oxygens (including phenoxy) is 1. The van der Waals surface area contributed by atoms with Crippen LogP contribution >= 0.6 is 0 Å². The minimum absolute atomic E-state index is 0.00295. The SMILES string of the molecule is COc1cccc(O)c1C(=O)N[C@H]1CC[C@@H](n2c(=O)c3cc(F)cnc3n(-c3ccc(F)c(F)c3)c2=O)CC1. The average Bonchev–Trinajstić information content (AvgIpc) is 2.91. The second kappa shape index (κ2) is 10.3. The lowest BCUT2D eigenvalue weighted by Gasteiger charge is -2.30. The molecule has 1 aliphatic carbocycles. The van der Waals surface area contributed by atoms with Gasteiger partial charge in [0.25, 0.3) is 11.5 Å². The molecule has 39 heavy (non-hydrogen) atoms. The molecule has 1 fully saturated rings. The van der Waals surface area contributed by atoms with E-state index in [2.05, 4.69) is 10.3 Å². The van der Waals surface area contributed by atoms with Crippen LogP contribution in [-0.4, -0.2) is 38.3 Å². The minimum Gasteiger partial charge on any atom is -0.507 e. The highest BCUT2D eigenvalue weighted by molar-refractivity contribution is 5.99. The molecule has 1 aliphatic rings. The number of nitrogens with one attached hydrogen (secondary N) is 1. The molecule has 2 heterocycles. The van der Waals surface area contributed by atoms with Crippen molar-refractivity contribution in [3.63, 3.8) is 0 Å². The monoisotopic (exact) mass is 540 g/mol. The topological polar surface area (TPSA) is 115 Å². The number of benzene rings is 2. The number of fused-ring (bicyclic) bond motifs is 1. The van der Waals surface area contributed by atoms with Crippen molar-refractivity contribution >= 4 is 16.9 Å². The molecular formula is C27H23F3N4O5. The van der Waals surface area contributed by atoms with E-state index in [1.54, 1.807) is 12.1 Å². The Hall–Kier alpha value is -4.61. The standard InChI is InChI=1S/C27H23F3N4O5/c1-39-22-4-2-3-21(35)23(22)25(36)32-15-5-7-16(8-6-15)34-26(37)18-11-14(28)13-31-24(18)33(27(34)38)17-9-10-19(29)20(30)12-17/h2-4,9-13,15-16,35H,5-8H2,1H3,(H,32,36)/t15-,16+. The van der Waals surface area contributed by atoms with E-state index in [1.807, 2.05) is 0 Å². The Balaban J connectivity index is 1.47. The maximum atomic E-state index is 14.1. The Morgan fingerprint density at radius 2 is 1.79 bits per heavy atom. The number of phenols is 1. The van der Waals surface area contributed by atoms with Crippen LogP contribution in [0.15, 0.2) is 58.3 Å². The van der Waals surface area contributed by atoms with Crippen LogP contribution in [0.5, 0.6) is 11.5 Å². The number of nitrogens with zero attached hydrogens (tertiary/aromatic N) is 3. The number of phenolic OH excluding ortho intramolecular Hbond substituents is 1. The van der Waals surface area contributed by atoms with Crippen molar-refractivity contribution in [1.29, 1.82) is 0 Å². The van der Waals surface area contributed by atoms with E-state index in [0.717, 1.165) is 33.5 Å². The molecule has 0 aliphatic heterocycles. The molecule has 0 atom stereocenters. The van der Waals surface area contributed by atoms with Gasteiger partial charge >= 0.3 is 5.69 Å². The van der Waals surface area contributed by atoms with E-state index in [9.17, 15) is 32.7 Å². The molecule has 2 N–H and O–H groups in total. The zero-order valence-electron chi connectivity index (χ0n) is 20.7. The van der Waals surface area contributed by atoms with Crippen LogP contribution in [0.3, 0.4) is 0 Å². The van der Waals surface area contributed by atoms with Gasteiger partial charge in [0.15, 0.2) is 17.3 Å². The number of halogens is 3. The van der Waals surface area contributed by atoms with Crippen LogP contribution in [-0.2, 0) is 0 Å². The Morgan fingerprint density at radius 3 is 2.49 bits per heavy atom.